The Labute approximate surface area is 81.8 Å². The summed E-state index contributed by atoms with van der Waals surface area (Å²) in [6.07, 6.45) is 8.70. The Kier molecular flexibility index (Phi) is 2.46. The Hall–Kier alpha value is -1.08. The number of benzene rings is 1. The molecule has 0 unspecified atom stereocenters. The van der Waals surface area contributed by atoms with Crippen LogP contribution in [0.15, 0.2) is 48.6 Å². The highest BCUT2D eigenvalue weighted by molar-refractivity contribution is 6.51. The van der Waals surface area contributed by atoms with E-state index >= 15 is 0 Å². The minimum Gasteiger partial charge on any atom is -0.0732 e. The molecule has 0 aromatic heterocycles. The van der Waals surface area contributed by atoms with Crippen LogP contribution in [-0.4, -0.2) is 9.52 Å². The summed E-state index contributed by atoms with van der Waals surface area (Å²) >= 11 is 0. The summed E-state index contributed by atoms with van der Waals surface area (Å²) in [4.78, 5) is 0. The van der Waals surface area contributed by atoms with Crippen molar-refractivity contribution >= 4 is 14.7 Å². The van der Waals surface area contributed by atoms with Gasteiger partial charge in [0.2, 0.25) is 0 Å². The maximum absolute atomic E-state index is 2.31. The van der Waals surface area contributed by atoms with Gasteiger partial charge >= 0.3 is 0 Å². The van der Waals surface area contributed by atoms with Crippen molar-refractivity contribution in [2.24, 2.45) is 0 Å². The second-order valence-electron chi connectivity index (χ2n) is 3.17. The zero-order valence-electron chi connectivity index (χ0n) is 7.70. The minimum absolute atomic E-state index is 0.510. The van der Waals surface area contributed by atoms with Crippen molar-refractivity contribution in [3.05, 3.63) is 54.1 Å². The first-order chi connectivity index (χ1) is 6.40. The molecule has 0 fully saturated rings. The van der Waals surface area contributed by atoms with Crippen molar-refractivity contribution in [3.8, 4) is 0 Å². The Morgan fingerprint density at radius 1 is 1.15 bits per heavy atom. The van der Waals surface area contributed by atoms with E-state index in [1.165, 1.54) is 10.8 Å². The molecule has 0 aliphatic heterocycles. The normalized spacial score (nSPS) is 15.5. The minimum atomic E-state index is 0.510. The average Bonchev–Trinajstić information content (AvgIpc) is 2.71. The first-order valence-electron chi connectivity index (χ1n) is 4.53. The molecule has 0 amide bonds. The van der Waals surface area contributed by atoms with Crippen LogP contribution in [0.4, 0.5) is 0 Å². The molecule has 0 N–H and O–H groups in total. The average molecular weight is 184 g/mol. The molecule has 0 spiro atoms. The van der Waals surface area contributed by atoms with Crippen molar-refractivity contribution in [1.82, 2.24) is 0 Å². The zero-order valence-corrected chi connectivity index (χ0v) is 8.70. The highest BCUT2D eigenvalue weighted by Gasteiger charge is 2.06. The summed E-state index contributed by atoms with van der Waals surface area (Å²) in [6.45, 7) is 2.22. The van der Waals surface area contributed by atoms with Gasteiger partial charge in [0.25, 0.3) is 0 Å². The van der Waals surface area contributed by atoms with E-state index in [2.05, 4.69) is 55.1 Å². The highest BCUT2D eigenvalue weighted by atomic mass is 28.2. The van der Waals surface area contributed by atoms with E-state index < -0.39 is 0 Å². The van der Waals surface area contributed by atoms with Crippen LogP contribution in [0, 0.1) is 0 Å². The fourth-order valence-electron chi connectivity index (χ4n) is 1.56. The molecule has 0 atom stereocenters. The van der Waals surface area contributed by atoms with Gasteiger partial charge in [0.05, 0.1) is 9.52 Å². The van der Waals surface area contributed by atoms with E-state index in [0.717, 1.165) is 9.52 Å². The van der Waals surface area contributed by atoms with Crippen LogP contribution in [0.2, 0.25) is 6.55 Å². The predicted octanol–water partition coefficient (Wildman–Crippen LogP) is 2.27. The molecule has 64 valence electrons. The quantitative estimate of drug-likeness (QED) is 0.619. The predicted molar refractivity (Wildman–Crippen MR) is 58.7 cm³/mol. The van der Waals surface area contributed by atoms with Gasteiger partial charge in [-0.2, -0.15) is 0 Å². The molecule has 1 aromatic carbocycles. The van der Waals surface area contributed by atoms with E-state index in [9.17, 15) is 0 Å². The van der Waals surface area contributed by atoms with Crippen molar-refractivity contribution < 1.29 is 0 Å². The first-order valence-corrected chi connectivity index (χ1v) is 6.03. The lowest BCUT2D eigenvalue weighted by molar-refractivity contribution is 1.11. The SMILES string of the molecule is C[Si]c1cccc(C2C=CC=C2)c1. The summed E-state index contributed by atoms with van der Waals surface area (Å²) in [5.41, 5.74) is 1.41. The summed E-state index contributed by atoms with van der Waals surface area (Å²) in [7, 11) is 0.894. The van der Waals surface area contributed by atoms with Crippen molar-refractivity contribution in [3.63, 3.8) is 0 Å². The molecule has 0 saturated heterocycles. The summed E-state index contributed by atoms with van der Waals surface area (Å²) in [5.74, 6) is 0.510. The van der Waals surface area contributed by atoms with Gasteiger partial charge in [-0.25, -0.2) is 0 Å². The molecule has 0 bridgehead atoms. The van der Waals surface area contributed by atoms with E-state index in [1.54, 1.807) is 0 Å². The molecule has 0 heterocycles. The molecule has 1 aliphatic carbocycles. The van der Waals surface area contributed by atoms with Crippen LogP contribution >= 0.6 is 0 Å². The van der Waals surface area contributed by atoms with Crippen LogP contribution in [0.5, 0.6) is 0 Å². The summed E-state index contributed by atoms with van der Waals surface area (Å²) in [5, 5.41) is 1.45. The second-order valence-corrected chi connectivity index (χ2v) is 4.25. The molecule has 2 radical (unpaired) electrons. The van der Waals surface area contributed by atoms with Crippen molar-refractivity contribution in [2.45, 2.75) is 12.5 Å². The Bertz CT molecular complexity index is 338. The third-order valence-corrected chi connectivity index (χ3v) is 3.20. The standard InChI is InChI=1S/C12H12Si/c1-13-12-8-4-7-11(9-12)10-5-2-3-6-10/h2-10H,1H3. The lowest BCUT2D eigenvalue weighted by atomic mass is 10.0. The number of allylic oxidation sites excluding steroid dienone is 4. The fourth-order valence-corrected chi connectivity index (χ4v) is 2.13. The van der Waals surface area contributed by atoms with E-state index in [-0.39, 0.29) is 0 Å². The van der Waals surface area contributed by atoms with Crippen LogP contribution in [-0.2, 0) is 0 Å². The lowest BCUT2D eigenvalue weighted by Crippen LogP contribution is -2.10. The third-order valence-electron chi connectivity index (χ3n) is 2.31. The van der Waals surface area contributed by atoms with Gasteiger partial charge in [0.1, 0.15) is 0 Å². The Morgan fingerprint density at radius 2 is 1.92 bits per heavy atom. The molecule has 0 saturated carbocycles. The van der Waals surface area contributed by atoms with E-state index in [4.69, 9.17) is 0 Å². The van der Waals surface area contributed by atoms with E-state index in [0.29, 0.717) is 5.92 Å². The highest BCUT2D eigenvalue weighted by Crippen LogP contribution is 2.21. The summed E-state index contributed by atoms with van der Waals surface area (Å²) in [6, 6.07) is 8.86. The smallest absolute Gasteiger partial charge is 0.0732 e. The summed E-state index contributed by atoms with van der Waals surface area (Å²) < 4.78 is 0. The monoisotopic (exact) mass is 184 g/mol. The van der Waals surface area contributed by atoms with Gasteiger partial charge in [-0.15, -0.1) is 0 Å². The molecule has 1 aromatic rings. The molecule has 1 heteroatoms. The van der Waals surface area contributed by atoms with E-state index in [1.807, 2.05) is 0 Å². The van der Waals surface area contributed by atoms with Gasteiger partial charge in [0, 0.05) is 5.92 Å². The van der Waals surface area contributed by atoms with Crippen LogP contribution in [0.3, 0.4) is 0 Å². The van der Waals surface area contributed by atoms with Crippen LogP contribution in [0.25, 0.3) is 0 Å². The first kappa shape index (κ1) is 8.51. The van der Waals surface area contributed by atoms with Crippen molar-refractivity contribution in [2.75, 3.05) is 0 Å². The largest absolute Gasteiger partial charge is 0.0773 e. The molecule has 13 heavy (non-hydrogen) atoms. The second kappa shape index (κ2) is 3.75. The van der Waals surface area contributed by atoms with Crippen LogP contribution in [0.1, 0.15) is 11.5 Å². The molecular weight excluding hydrogens is 172 g/mol. The van der Waals surface area contributed by atoms with Gasteiger partial charge in [0.15, 0.2) is 0 Å². The molecular formula is C12H12Si. The topological polar surface area (TPSA) is 0 Å². The fraction of sp³-hybridized carbons (Fsp3) is 0.167. The third kappa shape index (κ3) is 1.81. The Balaban J connectivity index is 2.29. The van der Waals surface area contributed by atoms with Gasteiger partial charge in [-0.3, -0.25) is 0 Å². The Morgan fingerprint density at radius 3 is 2.62 bits per heavy atom. The maximum Gasteiger partial charge on any atom is 0.0773 e. The number of hydrogen-bond donors (Lipinski definition) is 0. The maximum atomic E-state index is 2.31. The van der Waals surface area contributed by atoms with Crippen LogP contribution < -0.4 is 5.19 Å². The number of rotatable bonds is 2. The van der Waals surface area contributed by atoms with Gasteiger partial charge < -0.3 is 0 Å². The lowest BCUT2D eigenvalue weighted by Gasteiger charge is -2.06. The number of hydrogen-bond acceptors (Lipinski definition) is 0. The molecule has 0 nitrogen and oxygen atoms in total. The van der Waals surface area contributed by atoms with Crippen molar-refractivity contribution in [1.29, 1.82) is 0 Å². The molecule has 1 aliphatic rings. The molecule has 2 rings (SSSR count). The van der Waals surface area contributed by atoms with Gasteiger partial charge in [-0.1, -0.05) is 60.3 Å². The van der Waals surface area contributed by atoms with Gasteiger partial charge in [-0.05, 0) is 5.56 Å². The zero-order chi connectivity index (χ0) is 9.10.